The molecule has 3 aromatic carbocycles. The number of hydrogen-bond acceptors (Lipinski definition) is 6. The number of ether oxygens (including phenoxy) is 2. The summed E-state index contributed by atoms with van der Waals surface area (Å²) < 4.78 is 25.3. The van der Waals surface area contributed by atoms with Gasteiger partial charge >= 0.3 is 0 Å². The number of likely N-dealkylation sites (N-methyl/N-ethyl adjacent to an activating group) is 1. The van der Waals surface area contributed by atoms with Crippen molar-refractivity contribution in [3.8, 4) is 11.5 Å². The number of carbonyl (C=O) groups excluding carboxylic acids is 1. The molecule has 2 aliphatic heterocycles. The molecule has 1 amide bonds. The molecule has 1 fully saturated rings. The fourth-order valence-electron chi connectivity index (χ4n) is 5.57. The summed E-state index contributed by atoms with van der Waals surface area (Å²) in [5.41, 5.74) is 0.865. The molecule has 1 spiro atoms. The van der Waals surface area contributed by atoms with E-state index < -0.39 is 23.4 Å². The molecular weight excluding hydrogens is 501 g/mol. The second kappa shape index (κ2) is 9.64. The number of amides is 1. The first-order valence-electron chi connectivity index (χ1n) is 11.9. The topological polar surface area (TPSA) is 93.9 Å². The summed E-state index contributed by atoms with van der Waals surface area (Å²) in [6, 6.07) is 15.1. The van der Waals surface area contributed by atoms with Gasteiger partial charge in [-0.2, -0.15) is 0 Å². The van der Waals surface area contributed by atoms with E-state index in [2.05, 4.69) is 5.32 Å². The van der Waals surface area contributed by atoms with Gasteiger partial charge in [0.2, 0.25) is 0 Å². The number of benzene rings is 3. The van der Waals surface area contributed by atoms with Crippen LogP contribution in [0.1, 0.15) is 29.5 Å². The summed E-state index contributed by atoms with van der Waals surface area (Å²) >= 11 is 6.63. The zero-order chi connectivity index (χ0) is 26.3. The van der Waals surface area contributed by atoms with E-state index in [1.165, 1.54) is 12.1 Å². The highest BCUT2D eigenvalue weighted by atomic mass is 35.5. The van der Waals surface area contributed by atoms with E-state index in [1.807, 2.05) is 0 Å². The van der Waals surface area contributed by atoms with Gasteiger partial charge in [0.05, 0.1) is 17.5 Å². The lowest BCUT2D eigenvalue weighted by atomic mass is 9.79. The standard InChI is InChI=1S/C27H25ClFN3O5/c1-3-36-23-13-17(12-21(28)24(23)37-15-16-7-6-8-18(29)11-16)19-14-31(2)27(25(19)32(34)35)20-9-4-5-10-22(20)30-26(27)33/h4-13,19,25H,3,14-15H2,1-2H3,(H,30,33)/t19-,25+,27+/m0/s1. The molecule has 0 bridgehead atoms. The zero-order valence-electron chi connectivity index (χ0n) is 20.2. The maximum absolute atomic E-state index is 13.6. The molecule has 0 saturated carbocycles. The Bertz CT molecular complexity index is 1390. The first-order chi connectivity index (χ1) is 17.8. The molecule has 37 heavy (non-hydrogen) atoms. The molecule has 0 aliphatic carbocycles. The number of halogens is 2. The predicted octanol–water partition coefficient (Wildman–Crippen LogP) is 4.98. The van der Waals surface area contributed by atoms with Crippen molar-refractivity contribution in [3.05, 3.63) is 98.3 Å². The molecule has 8 nitrogen and oxygen atoms in total. The van der Waals surface area contributed by atoms with Gasteiger partial charge in [0, 0.05) is 22.7 Å². The first kappa shape index (κ1) is 25.0. The van der Waals surface area contributed by atoms with Crippen molar-refractivity contribution in [3.63, 3.8) is 0 Å². The molecule has 3 atom stereocenters. The minimum Gasteiger partial charge on any atom is -0.490 e. The maximum Gasteiger partial charge on any atom is 0.256 e. The van der Waals surface area contributed by atoms with Gasteiger partial charge in [0.1, 0.15) is 12.4 Å². The van der Waals surface area contributed by atoms with Crippen LogP contribution in [0.5, 0.6) is 11.5 Å². The van der Waals surface area contributed by atoms with Gasteiger partial charge in [-0.15, -0.1) is 0 Å². The molecule has 192 valence electrons. The number of fused-ring (bicyclic) bond motifs is 2. The van der Waals surface area contributed by atoms with Crippen molar-refractivity contribution in [2.45, 2.75) is 31.0 Å². The maximum atomic E-state index is 13.6. The first-order valence-corrected chi connectivity index (χ1v) is 12.2. The Morgan fingerprint density at radius 2 is 1.97 bits per heavy atom. The Morgan fingerprint density at radius 1 is 1.19 bits per heavy atom. The molecule has 0 unspecified atom stereocenters. The third-order valence-electron chi connectivity index (χ3n) is 7.07. The fourth-order valence-corrected chi connectivity index (χ4v) is 5.84. The highest BCUT2D eigenvalue weighted by Crippen LogP contribution is 2.53. The van der Waals surface area contributed by atoms with Gasteiger partial charge in [-0.05, 0) is 55.4 Å². The predicted molar refractivity (Wildman–Crippen MR) is 136 cm³/mol. The lowest BCUT2D eigenvalue weighted by Crippen LogP contribution is -2.54. The molecule has 5 rings (SSSR count). The van der Waals surface area contributed by atoms with E-state index in [4.69, 9.17) is 21.1 Å². The van der Waals surface area contributed by atoms with Gasteiger partial charge in [-0.3, -0.25) is 19.8 Å². The van der Waals surface area contributed by atoms with Crippen LogP contribution in [0, 0.1) is 15.9 Å². The number of anilines is 1. The van der Waals surface area contributed by atoms with E-state index >= 15 is 0 Å². The van der Waals surface area contributed by atoms with Crippen molar-refractivity contribution in [1.29, 1.82) is 0 Å². The molecule has 1 saturated heterocycles. The number of carbonyl (C=O) groups is 1. The third-order valence-corrected chi connectivity index (χ3v) is 7.35. The number of hydrogen-bond donors (Lipinski definition) is 1. The smallest absolute Gasteiger partial charge is 0.256 e. The van der Waals surface area contributed by atoms with Crippen LogP contribution >= 0.6 is 11.6 Å². The van der Waals surface area contributed by atoms with Crippen LogP contribution in [-0.2, 0) is 16.9 Å². The second-order valence-electron chi connectivity index (χ2n) is 9.16. The normalized spacial score (nSPS) is 22.6. The Labute approximate surface area is 218 Å². The van der Waals surface area contributed by atoms with Crippen LogP contribution in [-0.4, -0.2) is 42.0 Å². The van der Waals surface area contributed by atoms with Crippen LogP contribution in [0.25, 0.3) is 0 Å². The van der Waals surface area contributed by atoms with Crippen LogP contribution < -0.4 is 14.8 Å². The van der Waals surface area contributed by atoms with E-state index in [-0.39, 0.29) is 34.7 Å². The van der Waals surface area contributed by atoms with Crippen molar-refractivity contribution in [2.24, 2.45) is 0 Å². The highest BCUT2D eigenvalue weighted by molar-refractivity contribution is 6.32. The number of rotatable bonds is 7. The highest BCUT2D eigenvalue weighted by Gasteiger charge is 2.68. The number of likely N-dealkylation sites (tertiary alicyclic amines) is 1. The summed E-state index contributed by atoms with van der Waals surface area (Å²) in [5, 5.41) is 15.6. The van der Waals surface area contributed by atoms with Gasteiger partial charge < -0.3 is 14.8 Å². The lowest BCUT2D eigenvalue weighted by Gasteiger charge is -2.30. The largest absolute Gasteiger partial charge is 0.490 e. The Balaban J connectivity index is 1.54. The average molecular weight is 526 g/mol. The van der Waals surface area contributed by atoms with Crippen LogP contribution in [0.3, 0.4) is 0 Å². The van der Waals surface area contributed by atoms with Crippen molar-refractivity contribution in [2.75, 3.05) is 25.5 Å². The van der Waals surface area contributed by atoms with Gasteiger partial charge in [0.25, 0.3) is 11.9 Å². The minimum absolute atomic E-state index is 0.0562. The summed E-state index contributed by atoms with van der Waals surface area (Å²) in [4.78, 5) is 27.3. The van der Waals surface area contributed by atoms with E-state index in [1.54, 1.807) is 67.4 Å². The zero-order valence-corrected chi connectivity index (χ0v) is 21.0. The van der Waals surface area contributed by atoms with Crippen molar-refractivity contribution >= 4 is 23.2 Å². The van der Waals surface area contributed by atoms with Gasteiger partial charge in [0.15, 0.2) is 17.0 Å². The second-order valence-corrected chi connectivity index (χ2v) is 9.57. The summed E-state index contributed by atoms with van der Waals surface area (Å²) in [7, 11) is 1.72. The number of para-hydroxylation sites is 1. The van der Waals surface area contributed by atoms with Crippen molar-refractivity contribution < 1.29 is 23.6 Å². The van der Waals surface area contributed by atoms with Crippen LogP contribution in [0.2, 0.25) is 5.02 Å². The molecule has 10 heteroatoms. The van der Waals surface area contributed by atoms with Gasteiger partial charge in [-0.1, -0.05) is 41.9 Å². The van der Waals surface area contributed by atoms with Gasteiger partial charge in [-0.25, -0.2) is 4.39 Å². The SMILES string of the molecule is CCOc1cc([C@@H]2CN(C)[C@@]3(C(=O)Nc4ccccc43)[C@@H]2[N+](=O)[O-])cc(Cl)c1OCc1cccc(F)c1. The molecule has 2 heterocycles. The Hall–Kier alpha value is -3.69. The number of nitro groups is 1. The number of nitrogens with zero attached hydrogens (tertiary/aromatic N) is 2. The summed E-state index contributed by atoms with van der Waals surface area (Å²) in [6.07, 6.45) is 0. The summed E-state index contributed by atoms with van der Waals surface area (Å²) in [5.74, 6) is -0.879. The summed E-state index contributed by atoms with van der Waals surface area (Å²) in [6.45, 7) is 2.41. The molecule has 1 N–H and O–H groups in total. The molecule has 0 radical (unpaired) electrons. The number of nitrogens with one attached hydrogen (secondary N) is 1. The monoisotopic (exact) mass is 525 g/mol. The van der Waals surface area contributed by atoms with E-state index in [0.717, 1.165) is 0 Å². The van der Waals surface area contributed by atoms with E-state index in [9.17, 15) is 19.3 Å². The lowest BCUT2D eigenvalue weighted by molar-refractivity contribution is -0.534. The Morgan fingerprint density at radius 3 is 2.70 bits per heavy atom. The minimum atomic E-state index is -1.46. The molecular formula is C27H25ClFN3O5. The quantitative estimate of drug-likeness (QED) is 0.345. The van der Waals surface area contributed by atoms with Crippen molar-refractivity contribution in [1.82, 2.24) is 4.90 Å². The van der Waals surface area contributed by atoms with E-state index in [0.29, 0.717) is 34.7 Å². The molecule has 0 aromatic heterocycles. The average Bonchev–Trinajstić information content (AvgIpc) is 3.33. The molecule has 3 aromatic rings. The van der Waals surface area contributed by atoms with Crippen LogP contribution in [0.4, 0.5) is 10.1 Å². The third kappa shape index (κ3) is 4.08. The van der Waals surface area contributed by atoms with Crippen LogP contribution in [0.15, 0.2) is 60.7 Å². The molecule has 2 aliphatic rings. The fraction of sp³-hybridized carbons (Fsp3) is 0.296. The Kier molecular flexibility index (Phi) is 6.51.